The first kappa shape index (κ1) is 16.5. The van der Waals surface area contributed by atoms with E-state index in [1.807, 2.05) is 11.8 Å². The Balaban J connectivity index is 1.81. The number of carbonyl (C=O) groups is 1. The van der Waals surface area contributed by atoms with E-state index in [9.17, 15) is 4.79 Å². The Hall–Kier alpha value is -2.31. The van der Waals surface area contributed by atoms with Crippen molar-refractivity contribution < 1.29 is 9.32 Å². The van der Waals surface area contributed by atoms with Gasteiger partial charge in [0.15, 0.2) is 0 Å². The van der Waals surface area contributed by atoms with Crippen LogP contribution in [0.25, 0.3) is 11.6 Å². The predicted molar refractivity (Wildman–Crippen MR) is 87.7 cm³/mol. The van der Waals surface area contributed by atoms with E-state index in [-0.39, 0.29) is 17.9 Å². The summed E-state index contributed by atoms with van der Waals surface area (Å²) in [6, 6.07) is 1.59. The maximum atomic E-state index is 12.8. The molecule has 7 heteroatoms. The van der Waals surface area contributed by atoms with Gasteiger partial charge in [0.2, 0.25) is 23.4 Å². The third-order valence-electron chi connectivity index (χ3n) is 4.42. The van der Waals surface area contributed by atoms with Gasteiger partial charge in [-0.2, -0.15) is 4.98 Å². The van der Waals surface area contributed by atoms with E-state index in [1.165, 1.54) is 0 Å². The molecule has 0 N–H and O–H groups in total. The highest BCUT2D eigenvalue weighted by atomic mass is 16.5. The highest BCUT2D eigenvalue weighted by Crippen LogP contribution is 2.32. The van der Waals surface area contributed by atoms with Crippen molar-refractivity contribution in [1.29, 1.82) is 0 Å². The summed E-state index contributed by atoms with van der Waals surface area (Å²) in [6.07, 6.45) is 8.10. The fourth-order valence-electron chi connectivity index (χ4n) is 3.17. The van der Waals surface area contributed by atoms with Crippen LogP contribution in [0.15, 0.2) is 23.0 Å². The maximum absolute atomic E-state index is 12.8. The van der Waals surface area contributed by atoms with Crippen molar-refractivity contribution >= 4 is 5.91 Å². The average Bonchev–Trinajstić information content (AvgIpc) is 3.12. The zero-order chi connectivity index (χ0) is 16.9. The van der Waals surface area contributed by atoms with Crippen LogP contribution < -0.4 is 0 Å². The lowest BCUT2D eigenvalue weighted by Crippen LogP contribution is -2.41. The number of hydrogen-bond acceptors (Lipinski definition) is 6. The molecule has 7 nitrogen and oxygen atoms in total. The van der Waals surface area contributed by atoms with E-state index in [0.717, 1.165) is 38.6 Å². The Morgan fingerprint density at radius 3 is 2.88 bits per heavy atom. The smallest absolute Gasteiger partial charge is 0.249 e. The minimum Gasteiger partial charge on any atom is -0.337 e. The first-order valence-electron chi connectivity index (χ1n) is 8.62. The molecule has 2 aromatic heterocycles. The van der Waals surface area contributed by atoms with Crippen LogP contribution in [0, 0.1) is 5.92 Å². The number of nitrogens with zero attached hydrogens (tertiary/aromatic N) is 5. The zero-order valence-corrected chi connectivity index (χ0v) is 14.2. The fraction of sp³-hybridized carbons (Fsp3) is 0.588. The topological polar surface area (TPSA) is 85.0 Å². The fourth-order valence-corrected chi connectivity index (χ4v) is 3.17. The van der Waals surface area contributed by atoms with Crippen molar-refractivity contribution in [3.05, 3.63) is 24.4 Å². The van der Waals surface area contributed by atoms with Gasteiger partial charge in [-0.1, -0.05) is 25.4 Å². The summed E-state index contributed by atoms with van der Waals surface area (Å²) in [5.41, 5.74) is 0. The summed E-state index contributed by atoms with van der Waals surface area (Å²) in [5, 5.41) is 3.99. The summed E-state index contributed by atoms with van der Waals surface area (Å²) in [4.78, 5) is 27.4. The van der Waals surface area contributed by atoms with Gasteiger partial charge < -0.3 is 9.42 Å². The summed E-state index contributed by atoms with van der Waals surface area (Å²) in [6.45, 7) is 4.84. The third-order valence-corrected chi connectivity index (χ3v) is 4.42. The number of likely N-dealkylation sites (tertiary alicyclic amines) is 1. The average molecular weight is 329 g/mol. The van der Waals surface area contributed by atoms with Gasteiger partial charge in [0.1, 0.15) is 6.04 Å². The van der Waals surface area contributed by atoms with Crippen LogP contribution in [0.5, 0.6) is 0 Å². The van der Waals surface area contributed by atoms with Crippen molar-refractivity contribution in [1.82, 2.24) is 25.0 Å². The normalized spacial score (nSPS) is 19.2. The second kappa shape index (κ2) is 7.51. The number of amides is 1. The molecular formula is C17H23N5O2. The highest BCUT2D eigenvalue weighted by molar-refractivity contribution is 5.79. The van der Waals surface area contributed by atoms with E-state index in [2.05, 4.69) is 27.0 Å². The van der Waals surface area contributed by atoms with Gasteiger partial charge in [-0.15, -0.1) is 0 Å². The van der Waals surface area contributed by atoms with Crippen molar-refractivity contribution in [3.8, 4) is 11.6 Å². The van der Waals surface area contributed by atoms with Crippen LogP contribution in [0.4, 0.5) is 0 Å². The molecule has 128 valence electrons. The largest absolute Gasteiger partial charge is 0.337 e. The molecule has 2 aromatic rings. The quantitative estimate of drug-likeness (QED) is 0.838. The van der Waals surface area contributed by atoms with E-state index in [1.54, 1.807) is 18.5 Å². The Morgan fingerprint density at radius 2 is 2.12 bits per heavy atom. The van der Waals surface area contributed by atoms with Gasteiger partial charge in [-0.25, -0.2) is 9.97 Å². The summed E-state index contributed by atoms with van der Waals surface area (Å²) in [7, 11) is 0. The third kappa shape index (κ3) is 3.44. The molecule has 24 heavy (non-hydrogen) atoms. The molecule has 0 spiro atoms. The highest BCUT2D eigenvalue weighted by Gasteiger charge is 2.34. The summed E-state index contributed by atoms with van der Waals surface area (Å²) >= 11 is 0. The van der Waals surface area contributed by atoms with Crippen LogP contribution in [0.3, 0.4) is 0 Å². The van der Waals surface area contributed by atoms with E-state index in [4.69, 9.17) is 4.52 Å². The summed E-state index contributed by atoms with van der Waals surface area (Å²) < 4.78 is 5.44. The summed E-state index contributed by atoms with van der Waals surface area (Å²) in [5.74, 6) is 1.48. The minimum atomic E-state index is -0.143. The molecule has 2 atom stereocenters. The SMILES string of the molecule is CCC[C@H](C)C(=O)N1CCCC[C@@H]1c1nc(-c2ncccn2)no1. The molecule has 3 rings (SSSR count). The van der Waals surface area contributed by atoms with E-state index < -0.39 is 0 Å². The lowest BCUT2D eigenvalue weighted by Gasteiger charge is -2.35. The van der Waals surface area contributed by atoms with Gasteiger partial charge in [-0.05, 0) is 31.7 Å². The molecule has 1 saturated heterocycles. The Kier molecular flexibility index (Phi) is 5.17. The molecule has 1 fully saturated rings. The molecule has 0 unspecified atom stereocenters. The van der Waals surface area contributed by atoms with Crippen LogP contribution in [0.2, 0.25) is 0 Å². The molecule has 1 aliphatic rings. The van der Waals surface area contributed by atoms with E-state index in [0.29, 0.717) is 17.5 Å². The van der Waals surface area contributed by atoms with Crippen molar-refractivity contribution in [2.75, 3.05) is 6.54 Å². The monoisotopic (exact) mass is 329 g/mol. The maximum Gasteiger partial charge on any atom is 0.249 e. The molecule has 1 aliphatic heterocycles. The zero-order valence-electron chi connectivity index (χ0n) is 14.2. The Morgan fingerprint density at radius 1 is 1.33 bits per heavy atom. The molecule has 0 aliphatic carbocycles. The number of carbonyl (C=O) groups excluding carboxylic acids is 1. The number of piperidine rings is 1. The number of rotatable bonds is 5. The van der Waals surface area contributed by atoms with Crippen LogP contribution in [0.1, 0.15) is 57.9 Å². The van der Waals surface area contributed by atoms with Gasteiger partial charge in [-0.3, -0.25) is 4.79 Å². The molecular weight excluding hydrogens is 306 g/mol. The van der Waals surface area contributed by atoms with Gasteiger partial charge in [0.25, 0.3) is 0 Å². The molecule has 0 saturated carbocycles. The first-order chi connectivity index (χ1) is 11.7. The number of hydrogen-bond donors (Lipinski definition) is 0. The van der Waals surface area contributed by atoms with Gasteiger partial charge in [0, 0.05) is 24.9 Å². The molecule has 0 aromatic carbocycles. The van der Waals surface area contributed by atoms with Crippen molar-refractivity contribution in [2.45, 2.75) is 52.0 Å². The molecule has 3 heterocycles. The van der Waals surface area contributed by atoms with Crippen molar-refractivity contribution in [2.24, 2.45) is 5.92 Å². The molecule has 1 amide bonds. The predicted octanol–water partition coefficient (Wildman–Crippen LogP) is 3.02. The van der Waals surface area contributed by atoms with Crippen LogP contribution in [-0.2, 0) is 4.79 Å². The standard InChI is InChI=1S/C17H23N5O2/c1-3-7-12(2)17(23)22-11-5-4-8-13(22)16-20-15(21-24-16)14-18-9-6-10-19-14/h6,9-10,12-13H,3-5,7-8,11H2,1-2H3/t12-,13+/m0/s1. The second-order valence-corrected chi connectivity index (χ2v) is 6.26. The van der Waals surface area contributed by atoms with Gasteiger partial charge in [0.05, 0.1) is 0 Å². The first-order valence-corrected chi connectivity index (χ1v) is 8.62. The van der Waals surface area contributed by atoms with Crippen molar-refractivity contribution in [3.63, 3.8) is 0 Å². The molecule has 0 radical (unpaired) electrons. The minimum absolute atomic E-state index is 0.0236. The van der Waals surface area contributed by atoms with Gasteiger partial charge >= 0.3 is 0 Å². The van der Waals surface area contributed by atoms with E-state index >= 15 is 0 Å². The lowest BCUT2D eigenvalue weighted by atomic mass is 9.97. The Labute approximate surface area is 141 Å². The number of aromatic nitrogens is 4. The second-order valence-electron chi connectivity index (χ2n) is 6.26. The molecule has 0 bridgehead atoms. The lowest BCUT2D eigenvalue weighted by molar-refractivity contribution is -0.139. The Bertz CT molecular complexity index is 673. The van der Waals surface area contributed by atoms with Crippen LogP contribution >= 0.6 is 0 Å². The van der Waals surface area contributed by atoms with Crippen LogP contribution in [-0.4, -0.2) is 37.5 Å².